The van der Waals surface area contributed by atoms with Gasteiger partial charge >= 0.3 is 0 Å². The van der Waals surface area contributed by atoms with Crippen molar-refractivity contribution in [2.75, 3.05) is 19.8 Å². The van der Waals surface area contributed by atoms with Gasteiger partial charge in [-0.3, -0.25) is 0 Å². The van der Waals surface area contributed by atoms with Crippen molar-refractivity contribution in [2.24, 2.45) is 0 Å². The van der Waals surface area contributed by atoms with E-state index in [1.807, 2.05) is 0 Å². The number of aliphatic hydroxyl groups excluding tert-OH is 3. The Morgan fingerprint density at radius 1 is 0.857 bits per heavy atom. The zero-order valence-corrected chi connectivity index (χ0v) is 17.9. The van der Waals surface area contributed by atoms with Crippen LogP contribution in [0, 0.1) is 0 Å². The first-order valence-electron chi connectivity index (χ1n) is 11.6. The maximum absolute atomic E-state index is 9.99. The molecule has 0 aliphatic carbocycles. The summed E-state index contributed by atoms with van der Waals surface area (Å²) in [5.41, 5.74) is 0. The summed E-state index contributed by atoms with van der Waals surface area (Å²) in [7, 11) is 0. The highest BCUT2D eigenvalue weighted by Crippen LogP contribution is 2.19. The van der Waals surface area contributed by atoms with Crippen LogP contribution in [0.4, 0.5) is 0 Å². The first kappa shape index (κ1) is 25.6. The molecule has 1 rings (SSSR count). The molecule has 0 saturated carbocycles. The van der Waals surface area contributed by atoms with Gasteiger partial charge < -0.3 is 24.8 Å². The molecule has 4 atom stereocenters. The van der Waals surface area contributed by atoms with Crippen LogP contribution >= 0.6 is 0 Å². The van der Waals surface area contributed by atoms with Crippen molar-refractivity contribution in [3.63, 3.8) is 0 Å². The summed E-state index contributed by atoms with van der Waals surface area (Å²) in [4.78, 5) is 0. The lowest BCUT2D eigenvalue weighted by atomic mass is 10.0. The smallest absolute Gasteiger partial charge is 0.114 e. The van der Waals surface area contributed by atoms with Crippen LogP contribution in [0.1, 0.15) is 90.4 Å². The van der Waals surface area contributed by atoms with Gasteiger partial charge in [0.05, 0.1) is 13.2 Å². The van der Waals surface area contributed by atoms with Gasteiger partial charge in [0.15, 0.2) is 0 Å². The quantitative estimate of drug-likeness (QED) is 0.253. The van der Waals surface area contributed by atoms with Crippen molar-refractivity contribution < 1.29 is 24.8 Å². The minimum Gasteiger partial charge on any atom is -0.394 e. The topological polar surface area (TPSA) is 79.2 Å². The second-order valence-electron chi connectivity index (χ2n) is 8.03. The Balaban J connectivity index is 1.91. The van der Waals surface area contributed by atoms with Crippen LogP contribution in [-0.4, -0.2) is 59.6 Å². The Kier molecular flexibility index (Phi) is 15.9. The lowest BCUT2D eigenvalue weighted by Gasteiger charge is -2.37. The predicted octanol–water partition coefficient (Wildman–Crippen LogP) is 4.13. The number of rotatable bonds is 17. The van der Waals surface area contributed by atoms with Crippen LogP contribution in [0.3, 0.4) is 0 Å². The Morgan fingerprint density at radius 2 is 1.43 bits per heavy atom. The van der Waals surface area contributed by atoms with Crippen LogP contribution in [0.5, 0.6) is 0 Å². The van der Waals surface area contributed by atoms with E-state index in [9.17, 15) is 15.3 Å². The van der Waals surface area contributed by atoms with E-state index in [0.717, 1.165) is 19.3 Å². The second kappa shape index (κ2) is 17.4. The molecule has 1 saturated heterocycles. The Labute approximate surface area is 172 Å². The van der Waals surface area contributed by atoms with Gasteiger partial charge in [-0.25, -0.2) is 0 Å². The first-order valence-corrected chi connectivity index (χ1v) is 11.6. The molecular formula is C23H44O5. The van der Waals surface area contributed by atoms with Crippen molar-refractivity contribution in [1.82, 2.24) is 0 Å². The van der Waals surface area contributed by atoms with Gasteiger partial charge in [-0.15, -0.1) is 0 Å². The minimum absolute atomic E-state index is 0.0404. The molecule has 1 aliphatic heterocycles. The largest absolute Gasteiger partial charge is 0.394 e. The number of aliphatic hydroxyl groups is 3. The van der Waals surface area contributed by atoms with Crippen LogP contribution in [0.25, 0.3) is 0 Å². The number of hydrogen-bond acceptors (Lipinski definition) is 5. The van der Waals surface area contributed by atoms with Gasteiger partial charge in [-0.05, 0) is 32.1 Å². The number of ether oxygens (including phenoxy) is 2. The second-order valence-corrected chi connectivity index (χ2v) is 8.03. The fraction of sp³-hybridized carbons (Fsp3) is 0.913. The third-order valence-corrected chi connectivity index (χ3v) is 5.47. The van der Waals surface area contributed by atoms with Gasteiger partial charge in [-0.2, -0.15) is 0 Å². The number of hydrogen-bond donors (Lipinski definition) is 3. The molecule has 0 aromatic heterocycles. The molecule has 1 fully saturated rings. The van der Waals surface area contributed by atoms with E-state index < -0.39 is 24.4 Å². The molecule has 3 N–H and O–H groups in total. The Morgan fingerprint density at radius 3 is 2.04 bits per heavy atom. The van der Waals surface area contributed by atoms with Gasteiger partial charge in [0, 0.05) is 6.61 Å². The third-order valence-electron chi connectivity index (χ3n) is 5.47. The summed E-state index contributed by atoms with van der Waals surface area (Å²) in [6.07, 6.45) is 17.8. The van der Waals surface area contributed by atoms with E-state index in [2.05, 4.69) is 19.1 Å². The molecule has 0 aromatic rings. The summed E-state index contributed by atoms with van der Waals surface area (Å²) >= 11 is 0. The average Bonchev–Trinajstić information content (AvgIpc) is 2.70. The summed E-state index contributed by atoms with van der Waals surface area (Å²) in [5.74, 6) is 0. The molecule has 28 heavy (non-hydrogen) atoms. The summed E-state index contributed by atoms with van der Waals surface area (Å²) in [6.45, 7) is 2.61. The Hall–Kier alpha value is -0.460. The molecule has 0 aromatic carbocycles. The fourth-order valence-corrected chi connectivity index (χ4v) is 3.61. The van der Waals surface area contributed by atoms with Crippen LogP contribution in [0.15, 0.2) is 12.2 Å². The SMILES string of the molecule is CCCCCCCCC/C=C/CCCCCCO[C@@H]1[C@@H](O)[C@H](O)CO[C@H]1CO. The monoisotopic (exact) mass is 400 g/mol. The van der Waals surface area contributed by atoms with Gasteiger partial charge in [0.1, 0.15) is 24.4 Å². The molecule has 0 radical (unpaired) electrons. The van der Waals surface area contributed by atoms with E-state index in [4.69, 9.17) is 9.47 Å². The lowest BCUT2D eigenvalue weighted by molar-refractivity contribution is -0.211. The average molecular weight is 401 g/mol. The van der Waals surface area contributed by atoms with E-state index in [0.29, 0.717) is 6.61 Å². The minimum atomic E-state index is -0.993. The summed E-state index contributed by atoms with van der Waals surface area (Å²) in [5, 5.41) is 28.9. The highest BCUT2D eigenvalue weighted by atomic mass is 16.6. The molecule has 1 heterocycles. The molecule has 166 valence electrons. The van der Waals surface area contributed by atoms with E-state index in [-0.39, 0.29) is 13.2 Å². The Bertz CT molecular complexity index is 372. The van der Waals surface area contributed by atoms with Crippen LogP contribution < -0.4 is 0 Å². The van der Waals surface area contributed by atoms with E-state index in [1.54, 1.807) is 0 Å². The van der Waals surface area contributed by atoms with Gasteiger partial charge in [0.2, 0.25) is 0 Å². The van der Waals surface area contributed by atoms with Crippen molar-refractivity contribution in [3.8, 4) is 0 Å². The highest BCUT2D eigenvalue weighted by Gasteiger charge is 2.39. The van der Waals surface area contributed by atoms with E-state index >= 15 is 0 Å². The van der Waals surface area contributed by atoms with E-state index in [1.165, 1.54) is 64.2 Å². The van der Waals surface area contributed by atoms with Crippen molar-refractivity contribution in [2.45, 2.75) is 115 Å². The van der Waals surface area contributed by atoms with Gasteiger partial charge in [-0.1, -0.05) is 70.4 Å². The molecule has 1 aliphatic rings. The first-order chi connectivity index (χ1) is 13.7. The van der Waals surface area contributed by atoms with Gasteiger partial charge in [0.25, 0.3) is 0 Å². The molecule has 0 unspecified atom stereocenters. The van der Waals surface area contributed by atoms with Crippen molar-refractivity contribution in [3.05, 3.63) is 12.2 Å². The molecule has 5 heteroatoms. The number of unbranched alkanes of at least 4 members (excludes halogenated alkanes) is 11. The molecule has 5 nitrogen and oxygen atoms in total. The zero-order chi connectivity index (χ0) is 20.5. The lowest BCUT2D eigenvalue weighted by Crippen LogP contribution is -2.55. The predicted molar refractivity (Wildman–Crippen MR) is 113 cm³/mol. The van der Waals surface area contributed by atoms with Crippen molar-refractivity contribution in [1.29, 1.82) is 0 Å². The summed E-state index contributed by atoms with van der Waals surface area (Å²) < 4.78 is 11.0. The number of allylic oxidation sites excluding steroid dienone is 2. The molecule has 0 amide bonds. The van der Waals surface area contributed by atoms with Crippen LogP contribution in [0.2, 0.25) is 0 Å². The van der Waals surface area contributed by atoms with Crippen molar-refractivity contribution >= 4 is 0 Å². The molecular weight excluding hydrogens is 356 g/mol. The maximum atomic E-state index is 9.99. The normalized spacial score (nSPS) is 25.6. The molecule has 0 bridgehead atoms. The molecule has 0 spiro atoms. The maximum Gasteiger partial charge on any atom is 0.114 e. The standard InChI is InChI=1S/C23H44O5/c1-2-3-4-5-6-7-8-9-10-11-12-13-14-15-16-17-27-23-21(18-24)28-19-20(25)22(23)26/h10-11,20-26H,2-9,12-19H2,1H3/b11-10+/t20-,21+,22+,23+/m1/s1. The van der Waals surface area contributed by atoms with Crippen LogP contribution in [-0.2, 0) is 9.47 Å². The third kappa shape index (κ3) is 11.5. The fourth-order valence-electron chi connectivity index (χ4n) is 3.61. The highest BCUT2D eigenvalue weighted by molar-refractivity contribution is 4.87. The zero-order valence-electron chi connectivity index (χ0n) is 17.9. The summed E-state index contributed by atoms with van der Waals surface area (Å²) in [6, 6.07) is 0.